The zero-order valence-electron chi connectivity index (χ0n) is 4.44. The first-order chi connectivity index (χ1) is 4.20. The molecule has 1 aromatic rings. The first-order valence-corrected chi connectivity index (χ1v) is 2.26. The molecule has 1 rings (SSSR count). The van der Waals surface area contributed by atoms with Crippen LogP contribution < -0.4 is 16.4 Å². The van der Waals surface area contributed by atoms with E-state index in [0.29, 0.717) is 0 Å². The lowest BCUT2D eigenvalue weighted by Crippen LogP contribution is -2.30. The number of hydrogen-bond acceptors (Lipinski definition) is 2. The normalized spacial score (nSPS) is 9.44. The van der Waals surface area contributed by atoms with Gasteiger partial charge in [0, 0.05) is 0 Å². The van der Waals surface area contributed by atoms with Crippen molar-refractivity contribution in [1.82, 2.24) is 4.98 Å². The van der Waals surface area contributed by atoms with Crippen molar-refractivity contribution in [2.45, 2.75) is 0 Å². The van der Waals surface area contributed by atoms with Gasteiger partial charge < -0.3 is 5.73 Å². The predicted molar refractivity (Wildman–Crippen MR) is 28.0 cm³/mol. The van der Waals surface area contributed by atoms with Gasteiger partial charge in [-0.1, -0.05) is 0 Å². The van der Waals surface area contributed by atoms with Gasteiger partial charge in [-0.05, 0) is 0 Å². The van der Waals surface area contributed by atoms with E-state index in [1.807, 2.05) is 4.98 Å². The minimum Gasteiger partial charge on any atom is -0.364 e. The summed E-state index contributed by atoms with van der Waals surface area (Å²) in [4.78, 5) is 14.4. The van der Waals surface area contributed by atoms with Crippen LogP contribution in [0.1, 0.15) is 0 Å². The van der Waals surface area contributed by atoms with E-state index >= 15 is 0 Å². The van der Waals surface area contributed by atoms with Gasteiger partial charge in [-0.2, -0.15) is 14.2 Å². The van der Waals surface area contributed by atoms with Crippen LogP contribution in [-0.2, 0) is 0 Å². The van der Waals surface area contributed by atoms with E-state index in [0.717, 1.165) is 6.20 Å². The van der Waals surface area contributed by atoms with Gasteiger partial charge in [0.2, 0.25) is 11.6 Å². The average molecular weight is 130 g/mol. The van der Waals surface area contributed by atoms with Crippen LogP contribution >= 0.6 is 0 Å². The van der Waals surface area contributed by atoms with Crippen molar-refractivity contribution in [3.8, 4) is 0 Å². The molecule has 0 unspecified atom stereocenters. The summed E-state index contributed by atoms with van der Waals surface area (Å²) in [7, 11) is 0. The summed E-state index contributed by atoms with van der Waals surface area (Å²) in [6, 6.07) is 0. The van der Waals surface area contributed by atoms with Crippen molar-refractivity contribution in [2.75, 3.05) is 5.73 Å². The summed E-state index contributed by atoms with van der Waals surface area (Å²) in [6.45, 7) is 0. The van der Waals surface area contributed by atoms with E-state index in [4.69, 9.17) is 5.73 Å². The molecule has 1 aromatic heterocycles. The molecule has 0 saturated carbocycles. The van der Waals surface area contributed by atoms with Gasteiger partial charge in [0.25, 0.3) is 0 Å². The van der Waals surface area contributed by atoms with Crippen LogP contribution in [0.4, 0.5) is 10.2 Å². The molecule has 1 heterocycles. The van der Waals surface area contributed by atoms with Gasteiger partial charge in [-0.3, -0.25) is 0 Å². The van der Waals surface area contributed by atoms with Gasteiger partial charge in [0.1, 0.15) is 6.20 Å². The van der Waals surface area contributed by atoms with Gasteiger partial charge in [-0.15, -0.1) is 0 Å². The summed E-state index contributed by atoms with van der Waals surface area (Å²) in [5.74, 6) is -0.909. The monoisotopic (exact) mass is 130 g/mol. The minimum absolute atomic E-state index is 0.251. The summed E-state index contributed by atoms with van der Waals surface area (Å²) in [5.41, 5.74) is 4.45. The van der Waals surface area contributed by atoms with E-state index in [1.165, 1.54) is 0 Å². The Morgan fingerprint density at radius 3 is 2.89 bits per heavy atom. The number of H-pyrrole nitrogens is 2. The molecule has 9 heavy (non-hydrogen) atoms. The Morgan fingerprint density at radius 2 is 2.44 bits per heavy atom. The third-order valence-electron chi connectivity index (χ3n) is 0.835. The molecule has 0 aliphatic heterocycles. The molecule has 0 atom stereocenters. The molecule has 0 bridgehead atoms. The molecule has 48 valence electrons. The van der Waals surface area contributed by atoms with Crippen LogP contribution in [0.5, 0.6) is 0 Å². The zero-order chi connectivity index (χ0) is 6.85. The second-order valence-corrected chi connectivity index (χ2v) is 1.50. The van der Waals surface area contributed by atoms with Crippen molar-refractivity contribution in [1.29, 1.82) is 0 Å². The Labute approximate surface area is 49.5 Å². The molecule has 0 fully saturated rings. The highest BCUT2D eigenvalue weighted by atomic mass is 19.1. The Balaban J connectivity index is 3.34. The quantitative estimate of drug-likeness (QED) is 0.468. The van der Waals surface area contributed by atoms with Crippen LogP contribution in [0.3, 0.4) is 0 Å². The first kappa shape index (κ1) is 5.74. The average Bonchev–Trinajstić information content (AvgIpc) is 1.80. The molecular weight excluding hydrogens is 125 g/mol. The smallest absolute Gasteiger partial charge is 0.364 e. The van der Waals surface area contributed by atoms with Crippen LogP contribution in [0.15, 0.2) is 11.0 Å². The number of aromatic amines is 2. The standard InChI is InChI=1S/C4H4FN3O/c5-2-1-7-4(9)8-3(2)6/h1H,(H3,6,7,8,9)/p+1. The highest BCUT2D eigenvalue weighted by Gasteiger charge is 2.02. The lowest BCUT2D eigenvalue weighted by molar-refractivity contribution is -0.404. The molecule has 5 heteroatoms. The summed E-state index contributed by atoms with van der Waals surface area (Å²) in [6.07, 6.45) is 0.897. The fraction of sp³-hybridized carbons (Fsp3) is 0. The van der Waals surface area contributed by atoms with Crippen LogP contribution in [0.25, 0.3) is 0 Å². The van der Waals surface area contributed by atoms with E-state index in [9.17, 15) is 9.18 Å². The van der Waals surface area contributed by atoms with Crippen molar-refractivity contribution < 1.29 is 9.37 Å². The lowest BCUT2D eigenvalue weighted by Gasteiger charge is -1.83. The number of halogens is 1. The molecule has 0 aliphatic carbocycles. The molecule has 4 N–H and O–H groups in total. The summed E-state index contributed by atoms with van der Waals surface area (Å²) >= 11 is 0. The van der Waals surface area contributed by atoms with E-state index in [-0.39, 0.29) is 5.82 Å². The minimum atomic E-state index is -0.658. The Hall–Kier alpha value is -1.39. The molecule has 0 aromatic carbocycles. The molecule has 0 saturated heterocycles. The number of nitrogen functional groups attached to an aromatic ring is 1. The highest BCUT2D eigenvalue weighted by Crippen LogP contribution is 1.95. The maximum absolute atomic E-state index is 12.2. The highest BCUT2D eigenvalue weighted by molar-refractivity contribution is 5.24. The van der Waals surface area contributed by atoms with Crippen LogP contribution in [0.2, 0.25) is 0 Å². The zero-order valence-corrected chi connectivity index (χ0v) is 4.44. The van der Waals surface area contributed by atoms with Gasteiger partial charge in [0.15, 0.2) is 0 Å². The summed E-state index contributed by atoms with van der Waals surface area (Å²) < 4.78 is 12.2. The van der Waals surface area contributed by atoms with Crippen molar-refractivity contribution in [3.05, 3.63) is 22.5 Å². The molecule has 0 spiro atoms. The number of rotatable bonds is 0. The SMILES string of the molecule is Nc1[nH]c(=O)[nH+]cc1F. The van der Waals surface area contributed by atoms with E-state index in [1.54, 1.807) is 0 Å². The van der Waals surface area contributed by atoms with E-state index in [2.05, 4.69) is 4.98 Å². The van der Waals surface area contributed by atoms with Gasteiger partial charge >= 0.3 is 5.69 Å². The molecule has 4 nitrogen and oxygen atoms in total. The van der Waals surface area contributed by atoms with Crippen LogP contribution in [0, 0.1) is 5.82 Å². The maximum Gasteiger partial charge on any atom is 0.495 e. The predicted octanol–water partition coefficient (Wildman–Crippen LogP) is -1.09. The fourth-order valence-corrected chi connectivity index (χ4v) is 0.425. The number of hydrogen-bond donors (Lipinski definition) is 2. The van der Waals surface area contributed by atoms with Crippen molar-refractivity contribution in [2.24, 2.45) is 0 Å². The molecular formula is C4H5FN3O+. The second-order valence-electron chi connectivity index (χ2n) is 1.50. The third-order valence-corrected chi connectivity index (χ3v) is 0.835. The second kappa shape index (κ2) is 1.85. The van der Waals surface area contributed by atoms with Gasteiger partial charge in [-0.25, -0.2) is 4.98 Å². The topological polar surface area (TPSA) is 73.0 Å². The third kappa shape index (κ3) is 1.04. The Bertz CT molecular complexity index is 269. The molecule has 0 amide bonds. The number of nitrogens with two attached hydrogens (primary N) is 1. The summed E-state index contributed by atoms with van der Waals surface area (Å²) in [5, 5.41) is 0. The number of anilines is 1. The van der Waals surface area contributed by atoms with Crippen LogP contribution in [-0.4, -0.2) is 4.98 Å². The fourth-order valence-electron chi connectivity index (χ4n) is 0.425. The van der Waals surface area contributed by atoms with Crippen molar-refractivity contribution >= 4 is 5.82 Å². The Morgan fingerprint density at radius 1 is 1.78 bits per heavy atom. The first-order valence-electron chi connectivity index (χ1n) is 2.26. The molecule has 0 radical (unpaired) electrons. The number of aromatic nitrogens is 2. The van der Waals surface area contributed by atoms with E-state index < -0.39 is 11.5 Å². The molecule has 0 aliphatic rings. The van der Waals surface area contributed by atoms with Gasteiger partial charge in [0.05, 0.1) is 0 Å². The van der Waals surface area contributed by atoms with Crippen molar-refractivity contribution in [3.63, 3.8) is 0 Å². The Kier molecular flexibility index (Phi) is 1.18. The number of nitrogens with one attached hydrogen (secondary N) is 2. The lowest BCUT2D eigenvalue weighted by atomic mass is 10.6. The largest absolute Gasteiger partial charge is 0.495 e. The maximum atomic E-state index is 12.2.